The van der Waals surface area contributed by atoms with Gasteiger partial charge in [0.2, 0.25) is 0 Å². The number of carbonyl (C=O) groups excluding carboxylic acids is 1. The number of thiazole rings is 2. The summed E-state index contributed by atoms with van der Waals surface area (Å²) >= 11 is 4.58. The topological polar surface area (TPSA) is 142 Å². The lowest BCUT2D eigenvalue weighted by Gasteiger charge is -2.24. The van der Waals surface area contributed by atoms with Crippen LogP contribution in [0.3, 0.4) is 0 Å². The minimum Gasteiger partial charge on any atom is -0.319 e. The predicted molar refractivity (Wildman–Crippen MR) is 189 cm³/mol. The minimum atomic E-state index is -3.71. The van der Waals surface area contributed by atoms with Crippen LogP contribution in [-0.4, -0.2) is 56.9 Å². The summed E-state index contributed by atoms with van der Waals surface area (Å²) in [5.74, 6) is 0. The molecular weight excluding hydrogens is 780 g/mol. The number of hydrogen-bond acceptors (Lipinski definition) is 9. The average Bonchev–Trinajstić information content (AvgIpc) is 3.86. The van der Waals surface area contributed by atoms with E-state index in [0.29, 0.717) is 29.0 Å². The first-order valence-corrected chi connectivity index (χ1v) is 19.7. The fourth-order valence-electron chi connectivity index (χ4n) is 5.20. The molecule has 0 bridgehead atoms. The Morgan fingerprint density at radius 3 is 1.70 bits per heavy atom. The van der Waals surface area contributed by atoms with E-state index >= 15 is 0 Å². The zero-order valence-corrected chi connectivity index (χ0v) is 29.4. The summed E-state index contributed by atoms with van der Waals surface area (Å²) in [6, 6.07) is 21.5. The number of nitrogens with zero attached hydrogens (tertiary/aromatic N) is 4. The van der Waals surface area contributed by atoms with Crippen LogP contribution < -0.4 is 14.3 Å². The molecule has 2 aliphatic rings. The molecule has 1 aliphatic carbocycles. The van der Waals surface area contributed by atoms with E-state index in [-0.39, 0.29) is 21.9 Å². The standard InChI is InChI=1S/C21H20N4O3S2.C9H7IN2O2S2/c26-21-24(10-11-25(21)18-13-15-3-1-2-4-16(15)14-18)17-5-7-19(8-6-17)30(27,28)23-20-22-9-12-29-20;10-7-1-3-8(4-2-7)16(13,14)12-9-11-5-6-15-9/h1-9,12,18H,10-11,13-14H2,(H,22,23);1-6H,(H,11,12). The summed E-state index contributed by atoms with van der Waals surface area (Å²) in [7, 11) is -7.21. The van der Waals surface area contributed by atoms with Crippen molar-refractivity contribution < 1.29 is 21.6 Å². The molecule has 1 saturated heterocycles. The fourth-order valence-corrected chi connectivity index (χ4v) is 9.14. The third kappa shape index (κ3) is 7.35. The first-order valence-electron chi connectivity index (χ1n) is 13.9. The first kappa shape index (κ1) is 32.4. The smallest absolute Gasteiger partial charge is 0.319 e. The summed E-state index contributed by atoms with van der Waals surface area (Å²) in [5.41, 5.74) is 3.33. The number of halogens is 1. The second kappa shape index (κ2) is 13.6. The van der Waals surface area contributed by atoms with Crippen LogP contribution in [0.1, 0.15) is 11.1 Å². The molecule has 46 heavy (non-hydrogen) atoms. The SMILES string of the molecule is O=C1N(c2ccc(S(=O)(=O)Nc3nccs3)cc2)CCN1C1Cc2ccccc2C1.O=S(=O)(Nc1nccs1)c1ccc(I)cc1. The molecule has 16 heteroatoms. The predicted octanol–water partition coefficient (Wildman–Crippen LogP) is 5.90. The van der Waals surface area contributed by atoms with Crippen LogP contribution in [0.5, 0.6) is 0 Å². The van der Waals surface area contributed by atoms with Crippen molar-refractivity contribution in [3.63, 3.8) is 0 Å². The van der Waals surface area contributed by atoms with E-state index in [4.69, 9.17) is 0 Å². The second-order valence-corrected chi connectivity index (χ2v) is 16.7. The molecule has 238 valence electrons. The maximum absolute atomic E-state index is 13.1. The van der Waals surface area contributed by atoms with Crippen molar-refractivity contribution in [2.45, 2.75) is 28.7 Å². The van der Waals surface area contributed by atoms with Crippen molar-refractivity contribution >= 4 is 87.3 Å². The minimum absolute atomic E-state index is 0.0238. The van der Waals surface area contributed by atoms with Gasteiger partial charge >= 0.3 is 6.03 Å². The number of rotatable bonds is 8. The number of hydrogen-bond donors (Lipinski definition) is 2. The average molecular weight is 807 g/mol. The van der Waals surface area contributed by atoms with E-state index in [1.807, 2.05) is 17.0 Å². The van der Waals surface area contributed by atoms with Crippen LogP contribution in [-0.2, 0) is 32.9 Å². The zero-order valence-electron chi connectivity index (χ0n) is 24.0. The van der Waals surface area contributed by atoms with E-state index < -0.39 is 20.0 Å². The number of nitrogens with one attached hydrogen (secondary N) is 2. The van der Waals surface area contributed by atoms with Crippen LogP contribution in [0.4, 0.5) is 20.7 Å². The Morgan fingerprint density at radius 2 is 1.22 bits per heavy atom. The Labute approximate surface area is 288 Å². The highest BCUT2D eigenvalue weighted by molar-refractivity contribution is 14.1. The zero-order chi connectivity index (χ0) is 32.3. The van der Waals surface area contributed by atoms with Gasteiger partial charge in [0, 0.05) is 51.5 Å². The lowest BCUT2D eigenvalue weighted by Crippen LogP contribution is -2.39. The first-order chi connectivity index (χ1) is 22.1. The van der Waals surface area contributed by atoms with E-state index in [9.17, 15) is 21.6 Å². The second-order valence-electron chi connectivity index (χ2n) is 10.3. The number of sulfonamides is 2. The van der Waals surface area contributed by atoms with Gasteiger partial charge in [-0.3, -0.25) is 14.3 Å². The summed E-state index contributed by atoms with van der Waals surface area (Å²) in [6.07, 6.45) is 4.86. The van der Waals surface area contributed by atoms with Gasteiger partial charge in [-0.25, -0.2) is 31.6 Å². The van der Waals surface area contributed by atoms with E-state index in [2.05, 4.69) is 54.1 Å². The van der Waals surface area contributed by atoms with Gasteiger partial charge in [0.25, 0.3) is 20.0 Å². The molecule has 2 N–H and O–H groups in total. The molecule has 1 fully saturated rings. The number of benzene rings is 3. The molecule has 2 amide bonds. The van der Waals surface area contributed by atoms with E-state index in [1.165, 1.54) is 45.9 Å². The van der Waals surface area contributed by atoms with Crippen LogP contribution in [0, 0.1) is 3.57 Å². The number of anilines is 3. The van der Waals surface area contributed by atoms with E-state index in [1.54, 1.807) is 64.5 Å². The van der Waals surface area contributed by atoms with Crippen molar-refractivity contribution in [2.24, 2.45) is 0 Å². The molecule has 0 atom stereocenters. The molecule has 5 aromatic rings. The Morgan fingerprint density at radius 1 is 0.717 bits per heavy atom. The summed E-state index contributed by atoms with van der Waals surface area (Å²) in [4.78, 5) is 24.9. The highest BCUT2D eigenvalue weighted by Crippen LogP contribution is 2.30. The molecule has 0 spiro atoms. The lowest BCUT2D eigenvalue weighted by atomic mass is 10.1. The van der Waals surface area contributed by atoms with Gasteiger partial charge < -0.3 is 4.90 Å². The van der Waals surface area contributed by atoms with Gasteiger partial charge in [0.15, 0.2) is 10.3 Å². The molecule has 2 aromatic heterocycles. The van der Waals surface area contributed by atoms with Crippen molar-refractivity contribution in [3.05, 3.63) is 111 Å². The van der Waals surface area contributed by atoms with Gasteiger partial charge in [-0.1, -0.05) is 24.3 Å². The summed E-state index contributed by atoms with van der Waals surface area (Å²) in [6.45, 7) is 1.26. The van der Waals surface area contributed by atoms with Gasteiger partial charge in [-0.15, -0.1) is 22.7 Å². The Kier molecular flexibility index (Phi) is 9.60. The molecule has 11 nitrogen and oxygen atoms in total. The maximum Gasteiger partial charge on any atom is 0.324 e. The molecule has 7 rings (SSSR count). The molecule has 3 aromatic carbocycles. The summed E-state index contributed by atoms with van der Waals surface area (Å²) < 4.78 is 54.6. The number of aromatic nitrogens is 2. The van der Waals surface area contributed by atoms with Crippen molar-refractivity contribution in [1.29, 1.82) is 0 Å². The number of amides is 2. The van der Waals surface area contributed by atoms with Crippen LogP contribution in [0.2, 0.25) is 0 Å². The van der Waals surface area contributed by atoms with Crippen molar-refractivity contribution in [2.75, 3.05) is 27.4 Å². The maximum atomic E-state index is 13.1. The molecule has 0 unspecified atom stereocenters. The number of fused-ring (bicyclic) bond motifs is 1. The highest BCUT2D eigenvalue weighted by Gasteiger charge is 2.37. The largest absolute Gasteiger partial charge is 0.324 e. The number of carbonyl (C=O) groups is 1. The van der Waals surface area contributed by atoms with Crippen molar-refractivity contribution in [3.8, 4) is 0 Å². The van der Waals surface area contributed by atoms with Crippen LogP contribution >= 0.6 is 45.3 Å². The monoisotopic (exact) mass is 806 g/mol. The Balaban J connectivity index is 0.000000196. The van der Waals surface area contributed by atoms with Crippen LogP contribution in [0.15, 0.2) is 106 Å². The highest BCUT2D eigenvalue weighted by atomic mass is 127. The van der Waals surface area contributed by atoms with E-state index in [0.717, 1.165) is 16.4 Å². The van der Waals surface area contributed by atoms with Gasteiger partial charge in [0.1, 0.15) is 0 Å². The molecule has 0 saturated carbocycles. The van der Waals surface area contributed by atoms with Crippen LogP contribution in [0.25, 0.3) is 0 Å². The quantitative estimate of drug-likeness (QED) is 0.186. The van der Waals surface area contributed by atoms with Crippen molar-refractivity contribution in [1.82, 2.24) is 14.9 Å². The Hall–Kier alpha value is -3.58. The van der Waals surface area contributed by atoms with Gasteiger partial charge in [-0.2, -0.15) is 0 Å². The fraction of sp³-hybridized carbons (Fsp3) is 0.167. The van der Waals surface area contributed by atoms with Gasteiger partial charge in [-0.05, 0) is 95.1 Å². The Bertz CT molecular complexity index is 2000. The molecule has 1 aliphatic heterocycles. The number of urea groups is 1. The lowest BCUT2D eigenvalue weighted by molar-refractivity contribution is 0.202. The molecule has 0 radical (unpaired) electrons. The third-order valence-corrected chi connectivity index (χ3v) is 12.5. The molecular formula is C30H27IN6O5S4. The van der Waals surface area contributed by atoms with Gasteiger partial charge in [0.05, 0.1) is 9.79 Å². The third-order valence-electron chi connectivity index (χ3n) is 7.40. The normalized spacial score (nSPS) is 14.9. The molecule has 3 heterocycles. The summed E-state index contributed by atoms with van der Waals surface area (Å²) in [5, 5.41) is 4.11.